The van der Waals surface area contributed by atoms with Crippen LogP contribution in [0.4, 0.5) is 4.79 Å². The van der Waals surface area contributed by atoms with Gasteiger partial charge in [0.2, 0.25) is 0 Å². The van der Waals surface area contributed by atoms with Crippen LogP contribution in [-0.2, 0) is 24.2 Å². The quantitative estimate of drug-likeness (QED) is 0.427. The molecule has 0 spiro atoms. The van der Waals surface area contributed by atoms with Crippen molar-refractivity contribution in [2.75, 3.05) is 13.1 Å². The highest BCUT2D eigenvalue weighted by Crippen LogP contribution is 2.27. The first-order valence-electron chi connectivity index (χ1n) is 12.5. The third-order valence-electron chi connectivity index (χ3n) is 6.31. The minimum atomic E-state index is -0.504. The van der Waals surface area contributed by atoms with Gasteiger partial charge < -0.3 is 9.64 Å². The molecule has 180 valence electrons. The van der Waals surface area contributed by atoms with Gasteiger partial charge in [-0.2, -0.15) is 0 Å². The molecule has 1 aliphatic rings. The SMILES string of the molecule is CC(C)CCCC1Cc2ccccc2CN1CCN(Cc1ccccc1)C(=O)OC(C)(C)C. The van der Waals surface area contributed by atoms with Crippen LogP contribution in [0.3, 0.4) is 0 Å². The molecule has 4 nitrogen and oxygen atoms in total. The minimum absolute atomic E-state index is 0.236. The van der Waals surface area contributed by atoms with Gasteiger partial charge in [-0.15, -0.1) is 0 Å². The number of hydrogen-bond donors (Lipinski definition) is 0. The fourth-order valence-electron chi connectivity index (χ4n) is 4.56. The molecule has 1 atom stereocenters. The summed E-state index contributed by atoms with van der Waals surface area (Å²) < 4.78 is 5.75. The van der Waals surface area contributed by atoms with Crippen LogP contribution in [0.1, 0.15) is 70.6 Å². The van der Waals surface area contributed by atoms with Gasteiger partial charge in [0.1, 0.15) is 5.60 Å². The molecule has 1 amide bonds. The zero-order valence-electron chi connectivity index (χ0n) is 21.2. The second kappa shape index (κ2) is 11.7. The molecule has 33 heavy (non-hydrogen) atoms. The molecular weight excluding hydrogens is 408 g/mol. The maximum atomic E-state index is 13.0. The summed E-state index contributed by atoms with van der Waals surface area (Å²) >= 11 is 0. The van der Waals surface area contributed by atoms with Crippen molar-refractivity contribution in [3.05, 3.63) is 71.3 Å². The molecule has 0 fully saturated rings. The van der Waals surface area contributed by atoms with Crippen molar-refractivity contribution in [3.8, 4) is 0 Å². The highest BCUT2D eigenvalue weighted by Gasteiger charge is 2.28. The molecule has 2 aromatic carbocycles. The molecular formula is C29H42N2O2. The first-order valence-corrected chi connectivity index (χ1v) is 12.5. The van der Waals surface area contributed by atoms with Crippen LogP contribution in [0.15, 0.2) is 54.6 Å². The summed E-state index contributed by atoms with van der Waals surface area (Å²) in [7, 11) is 0. The molecule has 2 aromatic rings. The summed E-state index contributed by atoms with van der Waals surface area (Å²) in [6, 6.07) is 19.6. The van der Waals surface area contributed by atoms with E-state index in [9.17, 15) is 4.79 Å². The molecule has 1 heterocycles. The van der Waals surface area contributed by atoms with Crippen LogP contribution in [0.5, 0.6) is 0 Å². The Balaban J connectivity index is 1.71. The lowest BCUT2D eigenvalue weighted by Gasteiger charge is -2.38. The molecule has 3 rings (SSSR count). The fraction of sp³-hybridized carbons (Fsp3) is 0.552. The molecule has 4 heteroatoms. The average Bonchev–Trinajstić information content (AvgIpc) is 2.75. The van der Waals surface area contributed by atoms with E-state index in [0.717, 1.165) is 31.0 Å². The summed E-state index contributed by atoms with van der Waals surface area (Å²) in [6.45, 7) is 13.4. The topological polar surface area (TPSA) is 32.8 Å². The summed E-state index contributed by atoms with van der Waals surface area (Å²) in [5.74, 6) is 0.739. The molecule has 0 bridgehead atoms. The summed E-state index contributed by atoms with van der Waals surface area (Å²) in [5, 5.41) is 0. The van der Waals surface area contributed by atoms with E-state index in [4.69, 9.17) is 4.74 Å². The Morgan fingerprint density at radius 1 is 1.06 bits per heavy atom. The number of benzene rings is 2. The van der Waals surface area contributed by atoms with E-state index in [1.165, 1.54) is 30.4 Å². The lowest BCUT2D eigenvalue weighted by atomic mass is 9.90. The van der Waals surface area contributed by atoms with Crippen molar-refractivity contribution in [1.29, 1.82) is 0 Å². The predicted molar refractivity (Wildman–Crippen MR) is 136 cm³/mol. The van der Waals surface area contributed by atoms with E-state index in [2.05, 4.69) is 55.1 Å². The van der Waals surface area contributed by atoms with E-state index < -0.39 is 5.60 Å². The molecule has 0 radical (unpaired) electrons. The van der Waals surface area contributed by atoms with Crippen LogP contribution in [0, 0.1) is 5.92 Å². The minimum Gasteiger partial charge on any atom is -0.444 e. The third-order valence-corrected chi connectivity index (χ3v) is 6.31. The van der Waals surface area contributed by atoms with Crippen LogP contribution in [0.25, 0.3) is 0 Å². The number of carbonyl (C=O) groups excluding carboxylic acids is 1. The summed E-state index contributed by atoms with van der Waals surface area (Å²) in [4.78, 5) is 17.5. The van der Waals surface area contributed by atoms with Gasteiger partial charge in [0.15, 0.2) is 0 Å². The van der Waals surface area contributed by atoms with Gasteiger partial charge in [-0.25, -0.2) is 4.79 Å². The lowest BCUT2D eigenvalue weighted by Crippen LogP contribution is -2.46. The van der Waals surface area contributed by atoms with Gasteiger partial charge in [-0.3, -0.25) is 4.90 Å². The maximum Gasteiger partial charge on any atom is 0.410 e. The van der Waals surface area contributed by atoms with Gasteiger partial charge >= 0.3 is 6.09 Å². The van der Waals surface area contributed by atoms with Crippen LogP contribution >= 0.6 is 0 Å². The Bertz CT molecular complexity index is 873. The number of carbonyl (C=O) groups is 1. The molecule has 0 saturated heterocycles. The van der Waals surface area contributed by atoms with E-state index in [1.807, 2.05) is 43.9 Å². The van der Waals surface area contributed by atoms with Crippen molar-refractivity contribution in [3.63, 3.8) is 0 Å². The first-order chi connectivity index (χ1) is 15.7. The van der Waals surface area contributed by atoms with Crippen molar-refractivity contribution in [1.82, 2.24) is 9.80 Å². The zero-order valence-corrected chi connectivity index (χ0v) is 21.2. The van der Waals surface area contributed by atoms with Crippen molar-refractivity contribution >= 4 is 6.09 Å². The largest absolute Gasteiger partial charge is 0.444 e. The number of rotatable bonds is 9. The monoisotopic (exact) mass is 450 g/mol. The van der Waals surface area contributed by atoms with Crippen molar-refractivity contribution in [2.24, 2.45) is 5.92 Å². The standard InChI is InChI=1S/C29H42N2O2/c1-23(2)12-11-17-27-20-25-15-9-10-16-26(25)22-30(27)18-19-31(28(32)33-29(3,4)5)21-24-13-7-6-8-14-24/h6-10,13-16,23,27H,11-12,17-22H2,1-5H3. The summed E-state index contributed by atoms with van der Waals surface area (Å²) in [6.07, 6.45) is 4.59. The number of ether oxygens (including phenoxy) is 1. The van der Waals surface area contributed by atoms with Crippen molar-refractivity contribution in [2.45, 2.75) is 85.0 Å². The van der Waals surface area contributed by atoms with Gasteiger partial charge in [-0.1, -0.05) is 81.3 Å². The van der Waals surface area contributed by atoms with Crippen LogP contribution < -0.4 is 0 Å². The molecule has 0 aliphatic carbocycles. The molecule has 0 saturated carbocycles. The van der Waals surface area contributed by atoms with Crippen LogP contribution in [-0.4, -0.2) is 40.6 Å². The average molecular weight is 451 g/mol. The smallest absolute Gasteiger partial charge is 0.410 e. The van der Waals surface area contributed by atoms with E-state index in [1.54, 1.807) is 0 Å². The number of nitrogens with zero attached hydrogens (tertiary/aromatic N) is 2. The predicted octanol–water partition coefficient (Wildman–Crippen LogP) is 6.68. The highest BCUT2D eigenvalue weighted by molar-refractivity contribution is 5.68. The Morgan fingerprint density at radius 3 is 2.39 bits per heavy atom. The van der Waals surface area contributed by atoms with Crippen LogP contribution in [0.2, 0.25) is 0 Å². The summed E-state index contributed by atoms with van der Waals surface area (Å²) in [5.41, 5.74) is 3.53. The Kier molecular flexibility index (Phi) is 8.96. The normalized spacial score (nSPS) is 16.5. The van der Waals surface area contributed by atoms with Gasteiger partial charge in [0, 0.05) is 32.2 Å². The molecule has 0 N–H and O–H groups in total. The lowest BCUT2D eigenvalue weighted by molar-refractivity contribution is 0.0196. The Hall–Kier alpha value is -2.33. The van der Waals surface area contributed by atoms with E-state index in [0.29, 0.717) is 19.1 Å². The van der Waals surface area contributed by atoms with Gasteiger partial charge in [0.05, 0.1) is 0 Å². The van der Waals surface area contributed by atoms with Gasteiger partial charge in [-0.05, 0) is 56.2 Å². The van der Waals surface area contributed by atoms with E-state index in [-0.39, 0.29) is 6.09 Å². The maximum absolute atomic E-state index is 13.0. The Morgan fingerprint density at radius 2 is 1.73 bits per heavy atom. The fourth-order valence-corrected chi connectivity index (χ4v) is 4.56. The molecule has 0 aromatic heterocycles. The molecule has 1 unspecified atom stereocenters. The second-order valence-corrected chi connectivity index (χ2v) is 10.8. The Labute approximate surface area is 200 Å². The van der Waals surface area contributed by atoms with Crippen molar-refractivity contribution < 1.29 is 9.53 Å². The number of amides is 1. The second-order valence-electron chi connectivity index (χ2n) is 10.8. The zero-order chi connectivity index (χ0) is 23.8. The highest BCUT2D eigenvalue weighted by atomic mass is 16.6. The third kappa shape index (κ3) is 8.19. The number of hydrogen-bond acceptors (Lipinski definition) is 3. The van der Waals surface area contributed by atoms with E-state index >= 15 is 0 Å². The first kappa shape index (κ1) is 25.3. The molecule has 1 aliphatic heterocycles. The number of fused-ring (bicyclic) bond motifs is 1. The van der Waals surface area contributed by atoms with Gasteiger partial charge in [0.25, 0.3) is 0 Å².